The number of likely N-dealkylation sites (N-methyl/N-ethyl adjacent to an activating group) is 1. The molecule has 7 heteroatoms. The number of likely N-dealkylation sites (tertiary alicyclic amines) is 1. The second-order valence-electron chi connectivity index (χ2n) is 7.18. The van der Waals surface area contributed by atoms with E-state index in [0.29, 0.717) is 28.9 Å². The van der Waals surface area contributed by atoms with Gasteiger partial charge in [-0.15, -0.1) is 0 Å². The minimum Gasteiger partial charge on any atom is -0.492 e. The van der Waals surface area contributed by atoms with Gasteiger partial charge < -0.3 is 9.64 Å². The smallest absolute Gasteiger partial charge is 0.255 e. The van der Waals surface area contributed by atoms with Crippen molar-refractivity contribution in [1.82, 2.24) is 15.1 Å². The first-order valence-electron chi connectivity index (χ1n) is 12.1. The molecule has 7 nitrogen and oxygen atoms in total. The van der Waals surface area contributed by atoms with Crippen LogP contribution in [-0.4, -0.2) is 59.3 Å². The second kappa shape index (κ2) is 7.91. The molecule has 0 bridgehead atoms. The summed E-state index contributed by atoms with van der Waals surface area (Å²) in [7, 11) is 0. The number of nitrogens with one attached hydrogen (secondary N) is 1. The Morgan fingerprint density at radius 3 is 3.00 bits per heavy atom. The number of hydrogen-bond donors (Lipinski definition) is 1. The Balaban J connectivity index is 1.56. The molecule has 1 N–H and O–H groups in total. The number of piperidine rings is 2. The Kier molecular flexibility index (Phi) is 3.87. The van der Waals surface area contributed by atoms with Gasteiger partial charge in [0.25, 0.3) is 5.91 Å². The number of benzene rings is 1. The zero-order valence-electron chi connectivity index (χ0n) is 20.8. The van der Waals surface area contributed by atoms with Crippen molar-refractivity contribution in [3.63, 3.8) is 0 Å². The monoisotopic (exact) mass is 390 g/mol. The topological polar surface area (TPSA) is 79.0 Å². The summed E-state index contributed by atoms with van der Waals surface area (Å²) in [5.41, 5.74) is 0.629. The molecule has 0 radical (unpaired) electrons. The summed E-state index contributed by atoms with van der Waals surface area (Å²) in [6, 6.07) is 2.08. The lowest BCUT2D eigenvalue weighted by Gasteiger charge is -2.34. The predicted octanol–water partition coefficient (Wildman–Crippen LogP) is 1.70. The normalized spacial score (nSPS) is 34.5. The average Bonchev–Trinajstić information content (AvgIpc) is 3.12. The molecule has 1 unspecified atom stereocenters. The fourth-order valence-electron chi connectivity index (χ4n) is 3.98. The van der Waals surface area contributed by atoms with Crippen LogP contribution in [-0.2, 0) is 16.1 Å². The molecule has 0 saturated carbocycles. The Hall–Kier alpha value is -2.41. The fraction of sp³-hybridized carbons (Fsp3) is 0.571. The van der Waals surface area contributed by atoms with Gasteiger partial charge in [-0.2, -0.15) is 0 Å². The lowest BCUT2D eigenvalue weighted by atomic mass is 10.0. The van der Waals surface area contributed by atoms with Crippen LogP contribution in [0.4, 0.5) is 0 Å². The van der Waals surface area contributed by atoms with Gasteiger partial charge in [-0.1, -0.05) is 13.3 Å². The molecule has 4 rings (SSSR count). The van der Waals surface area contributed by atoms with E-state index in [2.05, 4.69) is 11.8 Å². The van der Waals surface area contributed by atoms with Crippen LogP contribution < -0.4 is 10.1 Å². The molecular weight excluding hydrogens is 358 g/mol. The van der Waals surface area contributed by atoms with Gasteiger partial charge in [0.15, 0.2) is 0 Å². The first-order chi connectivity index (χ1) is 15.4. The molecule has 150 valence electrons. The molecule has 28 heavy (non-hydrogen) atoms. The number of rotatable bonds is 5. The van der Waals surface area contributed by atoms with Gasteiger partial charge in [0.05, 0.1) is 1.37 Å². The summed E-state index contributed by atoms with van der Waals surface area (Å²) in [6.07, 6.45) is -3.11. The van der Waals surface area contributed by atoms with Crippen molar-refractivity contribution in [2.24, 2.45) is 0 Å². The van der Waals surface area contributed by atoms with E-state index in [1.807, 2.05) is 0 Å². The van der Waals surface area contributed by atoms with Gasteiger partial charge in [0.2, 0.25) is 11.8 Å². The molecule has 2 saturated heterocycles. The van der Waals surface area contributed by atoms with Gasteiger partial charge in [-0.05, 0) is 56.1 Å². The second-order valence-corrected chi connectivity index (χ2v) is 7.18. The number of amides is 3. The van der Waals surface area contributed by atoms with Crippen LogP contribution in [0.3, 0.4) is 0 Å². The van der Waals surface area contributed by atoms with E-state index < -0.39 is 36.5 Å². The fourth-order valence-corrected chi connectivity index (χ4v) is 3.98. The lowest BCUT2D eigenvalue weighted by Crippen LogP contribution is -2.52. The molecule has 0 spiro atoms. The largest absolute Gasteiger partial charge is 0.492 e. The highest BCUT2D eigenvalue weighted by molar-refractivity contribution is 6.05. The van der Waals surface area contributed by atoms with E-state index in [1.165, 1.54) is 12.5 Å². The van der Waals surface area contributed by atoms with Crippen LogP contribution in [0.2, 0.25) is 0 Å². The Bertz CT molecular complexity index is 1000. The quantitative estimate of drug-likeness (QED) is 0.774. The number of imide groups is 1. The van der Waals surface area contributed by atoms with Crippen LogP contribution >= 0.6 is 0 Å². The highest BCUT2D eigenvalue weighted by Crippen LogP contribution is 2.30. The van der Waals surface area contributed by atoms with Crippen molar-refractivity contribution < 1.29 is 26.0 Å². The molecule has 2 atom stereocenters. The Labute approximate surface area is 172 Å². The maximum Gasteiger partial charge on any atom is 0.255 e. The summed E-state index contributed by atoms with van der Waals surface area (Å²) in [5, 5.41) is 1.71. The van der Waals surface area contributed by atoms with Gasteiger partial charge in [-0.25, -0.2) is 0 Å². The third kappa shape index (κ3) is 3.63. The molecule has 0 aliphatic carbocycles. The molecule has 3 aliphatic heterocycles. The minimum absolute atomic E-state index is 0.183. The van der Waals surface area contributed by atoms with Crippen molar-refractivity contribution in [2.45, 2.75) is 57.5 Å². The summed E-state index contributed by atoms with van der Waals surface area (Å²) < 4.78 is 46.6. The summed E-state index contributed by atoms with van der Waals surface area (Å²) in [5.74, 6) is -3.10. The van der Waals surface area contributed by atoms with Gasteiger partial charge in [0.1, 0.15) is 18.4 Å². The molecular formula is C21H27N3O4. The molecule has 3 heterocycles. The zero-order valence-corrected chi connectivity index (χ0v) is 15.8. The first kappa shape index (κ1) is 13.7. The van der Waals surface area contributed by atoms with E-state index >= 15 is 0 Å². The predicted molar refractivity (Wildman–Crippen MR) is 103 cm³/mol. The zero-order chi connectivity index (χ0) is 24.2. The molecule has 0 aromatic heterocycles. The van der Waals surface area contributed by atoms with E-state index in [1.54, 1.807) is 17.4 Å². The van der Waals surface area contributed by atoms with Gasteiger partial charge >= 0.3 is 0 Å². The van der Waals surface area contributed by atoms with E-state index in [-0.39, 0.29) is 12.1 Å². The molecule has 3 aliphatic rings. The minimum atomic E-state index is -3.28. The van der Waals surface area contributed by atoms with E-state index in [0.717, 1.165) is 25.9 Å². The van der Waals surface area contributed by atoms with Crippen LogP contribution in [0.25, 0.3) is 0 Å². The van der Waals surface area contributed by atoms with E-state index in [4.69, 9.17) is 11.6 Å². The highest BCUT2D eigenvalue weighted by Gasteiger charge is 2.39. The SMILES string of the molecule is [2H]C1([2H])C(=O)NC(=O)C([2H])(N2Cc3cc(OC[C@H]4CCCCN4CC)ccc3C2=O)C1([2H])[2H]. The molecule has 1 aromatic carbocycles. The van der Waals surface area contributed by atoms with E-state index in [9.17, 15) is 14.4 Å². The maximum absolute atomic E-state index is 13.0. The van der Waals surface area contributed by atoms with Gasteiger partial charge in [-0.3, -0.25) is 24.6 Å². The molecule has 2 fully saturated rings. The van der Waals surface area contributed by atoms with Crippen LogP contribution in [0.15, 0.2) is 18.2 Å². The number of hydrogen-bond acceptors (Lipinski definition) is 5. The Morgan fingerprint density at radius 2 is 2.18 bits per heavy atom. The van der Waals surface area contributed by atoms with Crippen LogP contribution in [0.5, 0.6) is 5.75 Å². The average molecular weight is 390 g/mol. The molecule has 3 amide bonds. The number of ether oxygens (including phenoxy) is 1. The number of nitrogens with zero attached hydrogens (tertiary/aromatic N) is 2. The van der Waals surface area contributed by atoms with Crippen molar-refractivity contribution in [3.05, 3.63) is 29.3 Å². The third-order valence-electron chi connectivity index (χ3n) is 5.48. The van der Waals surface area contributed by atoms with Crippen LogP contribution in [0.1, 0.15) is 61.7 Å². The summed E-state index contributed by atoms with van der Waals surface area (Å²) in [4.78, 5) is 40.5. The summed E-state index contributed by atoms with van der Waals surface area (Å²) >= 11 is 0. The van der Waals surface area contributed by atoms with Crippen molar-refractivity contribution in [1.29, 1.82) is 0 Å². The van der Waals surface area contributed by atoms with Gasteiger partial charge in [0, 0.05) is 30.0 Å². The Morgan fingerprint density at radius 1 is 1.32 bits per heavy atom. The summed E-state index contributed by atoms with van der Waals surface area (Å²) in [6.45, 7) is 4.29. The number of carbonyl (C=O) groups excluding carboxylic acids is 3. The maximum atomic E-state index is 13.0. The number of carbonyl (C=O) groups is 3. The lowest BCUT2D eigenvalue weighted by molar-refractivity contribution is -0.136. The highest BCUT2D eigenvalue weighted by atomic mass is 16.5. The standard InChI is InChI=1S/C21H27N3O4/c1-2-23-10-4-3-5-15(23)13-28-16-6-7-17-14(11-16)12-24(21(17)27)18-8-9-19(25)22-20(18)26/h6-7,11,15,18H,2-5,8-10,12-13H2,1H3,(H,22,25,26)/t15-,18?/m1/s1/i8D2,9D2,18D. The van der Waals surface area contributed by atoms with Crippen molar-refractivity contribution in [2.75, 3.05) is 19.7 Å². The van der Waals surface area contributed by atoms with Crippen LogP contribution in [0, 0.1) is 0 Å². The first-order valence-corrected chi connectivity index (χ1v) is 9.62. The van der Waals surface area contributed by atoms with Crippen molar-refractivity contribution in [3.8, 4) is 5.75 Å². The number of fused-ring (bicyclic) bond motifs is 1. The third-order valence-corrected chi connectivity index (χ3v) is 5.48. The molecule has 1 aromatic rings. The van der Waals surface area contributed by atoms with Crippen molar-refractivity contribution >= 4 is 17.7 Å².